The van der Waals surface area contributed by atoms with E-state index in [0.717, 1.165) is 12.5 Å². The van der Waals surface area contributed by atoms with Crippen molar-refractivity contribution in [2.45, 2.75) is 42.9 Å². The fraction of sp³-hybridized carbons (Fsp3) is 0.909. The van der Waals surface area contributed by atoms with Crippen LogP contribution >= 0.6 is 11.8 Å². The van der Waals surface area contributed by atoms with Crippen LogP contribution in [0.1, 0.15) is 32.1 Å². The van der Waals surface area contributed by atoms with Crippen LogP contribution in [-0.2, 0) is 0 Å². The number of rotatable bonds is 4. The Kier molecular flexibility index (Phi) is 3.44. The third-order valence-corrected chi connectivity index (χ3v) is 4.84. The van der Waals surface area contributed by atoms with Gasteiger partial charge in [-0.05, 0) is 31.9 Å². The van der Waals surface area contributed by atoms with E-state index < -0.39 is 0 Å². The minimum absolute atomic E-state index is 0.487. The smallest absolute Gasteiger partial charge is 0.191 e. The number of hydrogen-bond donors (Lipinski definition) is 2. The highest BCUT2D eigenvalue weighted by molar-refractivity contribution is 8.00. The zero-order chi connectivity index (χ0) is 10.7. The molecule has 15 heavy (non-hydrogen) atoms. The van der Waals surface area contributed by atoms with Crippen molar-refractivity contribution in [1.29, 1.82) is 0 Å². The van der Waals surface area contributed by atoms with Crippen LogP contribution in [0, 0.1) is 0 Å². The first kappa shape index (κ1) is 11.1. The zero-order valence-electron chi connectivity index (χ0n) is 9.68. The minimum Gasteiger partial charge on any atom is -0.355 e. The summed E-state index contributed by atoms with van der Waals surface area (Å²) in [5.41, 5.74) is 0. The lowest BCUT2D eigenvalue weighted by atomic mass is 9.84. The molecular weight excluding hydrogens is 206 g/mol. The van der Waals surface area contributed by atoms with Gasteiger partial charge >= 0.3 is 0 Å². The van der Waals surface area contributed by atoms with Crippen LogP contribution in [0.4, 0.5) is 0 Å². The topological polar surface area (TPSA) is 36.4 Å². The molecule has 0 aliphatic heterocycles. The van der Waals surface area contributed by atoms with Gasteiger partial charge in [-0.15, -0.1) is 0 Å². The second-order valence-electron chi connectivity index (χ2n) is 4.59. The van der Waals surface area contributed by atoms with E-state index in [1.54, 1.807) is 0 Å². The Hall–Kier alpha value is -0.380. The molecule has 3 nitrogen and oxygen atoms in total. The maximum atomic E-state index is 4.25. The highest BCUT2D eigenvalue weighted by atomic mass is 32.2. The van der Waals surface area contributed by atoms with Crippen molar-refractivity contribution in [3.63, 3.8) is 0 Å². The quantitative estimate of drug-likeness (QED) is 0.566. The van der Waals surface area contributed by atoms with E-state index in [0.29, 0.717) is 10.8 Å². The molecule has 86 valence electrons. The van der Waals surface area contributed by atoms with Crippen LogP contribution in [0.5, 0.6) is 0 Å². The van der Waals surface area contributed by atoms with Gasteiger partial charge in [0.05, 0.1) is 0 Å². The van der Waals surface area contributed by atoms with E-state index in [2.05, 4.69) is 21.9 Å². The summed E-state index contributed by atoms with van der Waals surface area (Å²) >= 11 is 2.00. The molecule has 2 aliphatic carbocycles. The monoisotopic (exact) mass is 227 g/mol. The van der Waals surface area contributed by atoms with Crippen molar-refractivity contribution in [3.8, 4) is 0 Å². The number of hydrogen-bond acceptors (Lipinski definition) is 2. The van der Waals surface area contributed by atoms with Crippen molar-refractivity contribution in [3.05, 3.63) is 0 Å². The summed E-state index contributed by atoms with van der Waals surface area (Å²) < 4.78 is 0.487. The normalized spacial score (nSPS) is 24.5. The van der Waals surface area contributed by atoms with E-state index in [9.17, 15) is 0 Å². The third-order valence-electron chi connectivity index (χ3n) is 3.42. The molecule has 2 saturated carbocycles. The molecule has 0 aromatic rings. The number of nitrogens with zero attached hydrogens (tertiary/aromatic N) is 1. The first-order valence-corrected chi connectivity index (χ1v) is 7.03. The molecule has 0 saturated heterocycles. The maximum absolute atomic E-state index is 4.25. The van der Waals surface area contributed by atoms with Gasteiger partial charge < -0.3 is 10.6 Å². The molecule has 0 spiro atoms. The number of guanidine groups is 1. The minimum atomic E-state index is 0.487. The summed E-state index contributed by atoms with van der Waals surface area (Å²) in [5, 5.41) is 6.87. The van der Waals surface area contributed by atoms with Crippen LogP contribution < -0.4 is 10.6 Å². The van der Waals surface area contributed by atoms with E-state index in [4.69, 9.17) is 0 Å². The number of aliphatic imine (C=N–C) groups is 1. The van der Waals surface area contributed by atoms with Gasteiger partial charge in [-0.2, -0.15) is 11.8 Å². The first-order valence-electron chi connectivity index (χ1n) is 5.80. The first-order chi connectivity index (χ1) is 7.28. The summed E-state index contributed by atoms with van der Waals surface area (Å²) in [4.78, 5) is 4.25. The Morgan fingerprint density at radius 3 is 2.60 bits per heavy atom. The molecule has 0 aromatic heterocycles. The fourth-order valence-corrected chi connectivity index (χ4v) is 2.80. The maximum Gasteiger partial charge on any atom is 0.191 e. The predicted octanol–water partition coefficient (Wildman–Crippen LogP) is 1.60. The van der Waals surface area contributed by atoms with Crippen LogP contribution in [0.2, 0.25) is 0 Å². The third kappa shape index (κ3) is 2.80. The van der Waals surface area contributed by atoms with Gasteiger partial charge in [0.1, 0.15) is 0 Å². The highest BCUT2D eigenvalue weighted by Gasteiger charge is 2.36. The summed E-state index contributed by atoms with van der Waals surface area (Å²) in [6.07, 6.45) is 8.90. The summed E-state index contributed by atoms with van der Waals surface area (Å²) in [6, 6.07) is 0.683. The lowest BCUT2D eigenvalue weighted by Gasteiger charge is -2.40. The van der Waals surface area contributed by atoms with Crippen molar-refractivity contribution in [2.75, 3.05) is 19.8 Å². The molecule has 4 heteroatoms. The van der Waals surface area contributed by atoms with Crippen molar-refractivity contribution >= 4 is 17.7 Å². The Morgan fingerprint density at radius 2 is 2.20 bits per heavy atom. The number of nitrogens with one attached hydrogen (secondary N) is 2. The van der Waals surface area contributed by atoms with Gasteiger partial charge in [0, 0.05) is 24.4 Å². The molecule has 2 rings (SSSR count). The largest absolute Gasteiger partial charge is 0.355 e. The zero-order valence-corrected chi connectivity index (χ0v) is 10.5. The summed E-state index contributed by atoms with van der Waals surface area (Å²) in [5.74, 6) is 0.984. The molecule has 0 radical (unpaired) electrons. The Labute approximate surface area is 96.5 Å². The Bertz CT molecular complexity index is 239. The van der Waals surface area contributed by atoms with Crippen LogP contribution in [0.25, 0.3) is 0 Å². The van der Waals surface area contributed by atoms with Gasteiger partial charge in [-0.25, -0.2) is 0 Å². The van der Waals surface area contributed by atoms with E-state index in [1.165, 1.54) is 32.1 Å². The SMILES string of the molecule is CN=C(NCC1(SC)CCC1)NC1CC1. The molecule has 0 atom stereocenters. The second kappa shape index (κ2) is 4.64. The van der Waals surface area contributed by atoms with Gasteiger partial charge in [0.2, 0.25) is 0 Å². The van der Waals surface area contributed by atoms with Gasteiger partial charge in [0.15, 0.2) is 5.96 Å². The van der Waals surface area contributed by atoms with E-state index in [1.807, 2.05) is 18.8 Å². The van der Waals surface area contributed by atoms with Crippen molar-refractivity contribution in [2.24, 2.45) is 4.99 Å². The summed E-state index contributed by atoms with van der Waals surface area (Å²) in [6.45, 7) is 1.06. The van der Waals surface area contributed by atoms with Gasteiger partial charge in [-0.1, -0.05) is 6.42 Å². The van der Waals surface area contributed by atoms with Crippen molar-refractivity contribution in [1.82, 2.24) is 10.6 Å². The molecule has 2 N–H and O–H groups in total. The van der Waals surface area contributed by atoms with E-state index in [-0.39, 0.29) is 0 Å². The molecule has 0 bridgehead atoms. The number of thioether (sulfide) groups is 1. The molecule has 0 amide bonds. The lowest BCUT2D eigenvalue weighted by molar-refractivity contribution is 0.360. The Balaban J connectivity index is 1.74. The van der Waals surface area contributed by atoms with Crippen LogP contribution in [-0.4, -0.2) is 36.6 Å². The molecular formula is C11H21N3S. The molecule has 0 heterocycles. The van der Waals surface area contributed by atoms with E-state index >= 15 is 0 Å². The molecule has 0 aromatic carbocycles. The van der Waals surface area contributed by atoms with Crippen molar-refractivity contribution < 1.29 is 0 Å². The van der Waals surface area contributed by atoms with Gasteiger partial charge in [0.25, 0.3) is 0 Å². The lowest BCUT2D eigenvalue weighted by Crippen LogP contribution is -2.49. The standard InChI is InChI=1S/C11H21N3S/c1-12-10(14-9-4-5-9)13-8-11(15-2)6-3-7-11/h9H,3-8H2,1-2H3,(H2,12,13,14). The Morgan fingerprint density at radius 1 is 1.47 bits per heavy atom. The molecule has 0 unspecified atom stereocenters. The molecule has 2 fully saturated rings. The van der Waals surface area contributed by atoms with Crippen LogP contribution in [0.15, 0.2) is 4.99 Å². The average Bonchev–Trinajstić information content (AvgIpc) is 2.99. The fourth-order valence-electron chi connectivity index (χ4n) is 1.88. The highest BCUT2D eigenvalue weighted by Crippen LogP contribution is 2.42. The van der Waals surface area contributed by atoms with Gasteiger partial charge in [-0.3, -0.25) is 4.99 Å². The summed E-state index contributed by atoms with van der Waals surface area (Å²) in [7, 11) is 1.85. The molecule has 2 aliphatic rings. The second-order valence-corrected chi connectivity index (χ2v) is 5.86. The predicted molar refractivity (Wildman–Crippen MR) is 67.6 cm³/mol. The van der Waals surface area contributed by atoms with Crippen LogP contribution in [0.3, 0.4) is 0 Å². The average molecular weight is 227 g/mol.